The topological polar surface area (TPSA) is 108 Å². The number of nitrogens with one attached hydrogen (secondary N) is 1. The lowest BCUT2D eigenvalue weighted by Crippen LogP contribution is -2.40. The molecule has 27 heavy (non-hydrogen) atoms. The lowest BCUT2D eigenvalue weighted by Gasteiger charge is -2.35. The fourth-order valence-corrected chi connectivity index (χ4v) is 4.79. The van der Waals surface area contributed by atoms with Crippen molar-refractivity contribution in [3.05, 3.63) is 22.5 Å². The van der Waals surface area contributed by atoms with E-state index in [0.29, 0.717) is 17.7 Å². The second-order valence-electron chi connectivity index (χ2n) is 7.45. The van der Waals surface area contributed by atoms with E-state index in [1.165, 1.54) is 0 Å². The monoisotopic (exact) mass is 431 g/mol. The van der Waals surface area contributed by atoms with Crippen LogP contribution in [0.4, 0.5) is 5.82 Å². The van der Waals surface area contributed by atoms with Crippen LogP contribution in [0.15, 0.2) is 21.2 Å². The zero-order valence-electron chi connectivity index (χ0n) is 14.9. The number of anilines is 1. The summed E-state index contributed by atoms with van der Waals surface area (Å²) in [7, 11) is 0. The molecule has 1 aliphatic heterocycles. The number of aromatic nitrogens is 1. The summed E-state index contributed by atoms with van der Waals surface area (Å²) in [6.07, 6.45) is 6.87. The van der Waals surface area contributed by atoms with E-state index in [0.717, 1.165) is 60.9 Å². The molecule has 3 N–H and O–H groups in total. The largest absolute Gasteiger partial charge is 0.444 e. The molecule has 0 unspecified atom stereocenters. The number of furan rings is 1. The van der Waals surface area contributed by atoms with Crippen molar-refractivity contribution in [1.82, 2.24) is 9.88 Å². The van der Waals surface area contributed by atoms with Crippen LogP contribution in [0.1, 0.15) is 37.9 Å². The maximum atomic E-state index is 11.4. The summed E-state index contributed by atoms with van der Waals surface area (Å²) in [5.74, 6) is 0.912. The van der Waals surface area contributed by atoms with Crippen LogP contribution in [-0.2, 0) is 4.79 Å². The molecule has 1 amide bonds. The van der Waals surface area contributed by atoms with Crippen molar-refractivity contribution in [2.24, 2.45) is 11.7 Å². The van der Waals surface area contributed by atoms with E-state index in [1.54, 1.807) is 12.3 Å². The molecule has 8 heteroatoms. The molecule has 0 radical (unpaired) electrons. The summed E-state index contributed by atoms with van der Waals surface area (Å²) >= 11 is 3.59. The first-order valence-corrected chi connectivity index (χ1v) is 10.1. The van der Waals surface area contributed by atoms with Gasteiger partial charge >= 0.3 is 0 Å². The molecule has 0 aromatic carbocycles. The predicted molar refractivity (Wildman–Crippen MR) is 105 cm³/mol. The van der Waals surface area contributed by atoms with Crippen molar-refractivity contribution in [3.8, 4) is 6.07 Å². The molecule has 2 fully saturated rings. The Balaban J connectivity index is 1.37. The molecule has 0 spiro atoms. The van der Waals surface area contributed by atoms with Gasteiger partial charge in [0.1, 0.15) is 11.9 Å². The molecule has 4 rings (SSSR count). The number of nitrogens with two attached hydrogens (primary N) is 1. The van der Waals surface area contributed by atoms with Crippen LogP contribution < -0.4 is 11.1 Å². The molecule has 2 aliphatic rings. The van der Waals surface area contributed by atoms with E-state index in [4.69, 9.17) is 15.4 Å². The number of rotatable bonds is 4. The lowest BCUT2D eigenvalue weighted by atomic mass is 9.90. The number of hydrogen-bond donors (Lipinski definition) is 2. The fourth-order valence-electron chi connectivity index (χ4n) is 4.27. The van der Waals surface area contributed by atoms with Crippen molar-refractivity contribution < 1.29 is 9.21 Å². The quantitative estimate of drug-likeness (QED) is 0.769. The smallest absolute Gasteiger partial charge is 0.221 e. The Bertz CT molecular complexity index is 897. The number of likely N-dealkylation sites (tertiary alicyclic amines) is 1. The Morgan fingerprint density at radius 2 is 2.15 bits per heavy atom. The van der Waals surface area contributed by atoms with E-state index in [-0.39, 0.29) is 17.6 Å². The van der Waals surface area contributed by atoms with Crippen molar-refractivity contribution in [3.63, 3.8) is 0 Å². The number of carbonyl (C=O) groups excluding carboxylic acids is 1. The summed E-state index contributed by atoms with van der Waals surface area (Å²) in [5, 5.41) is 13.4. The maximum absolute atomic E-state index is 11.4. The molecule has 3 heterocycles. The molecule has 142 valence electrons. The number of halogens is 1. The van der Waals surface area contributed by atoms with Gasteiger partial charge in [-0.2, -0.15) is 5.26 Å². The molecular formula is C19H22BrN5O2. The molecular weight excluding hydrogens is 410 g/mol. The van der Waals surface area contributed by atoms with Gasteiger partial charge in [-0.15, -0.1) is 0 Å². The Kier molecular flexibility index (Phi) is 5.06. The minimum Gasteiger partial charge on any atom is -0.444 e. The van der Waals surface area contributed by atoms with Crippen LogP contribution in [0.3, 0.4) is 0 Å². The highest BCUT2D eigenvalue weighted by molar-refractivity contribution is 9.10. The zero-order chi connectivity index (χ0) is 19.0. The van der Waals surface area contributed by atoms with Crippen molar-refractivity contribution >= 4 is 38.6 Å². The standard InChI is InChI=1S/C19H22BrN5O2/c20-17-15-7-14(8-21)27-16(15)9-23-19(17)24-12-1-3-13(4-2-12)25-6-5-11(10-25)18(22)26/h7,9,11-13H,1-6,10H2,(H2,22,26)(H,23,24)/t11-,12?,13?/m1/s1. The van der Waals surface area contributed by atoms with Crippen molar-refractivity contribution in [1.29, 1.82) is 5.26 Å². The average Bonchev–Trinajstić information content (AvgIpc) is 3.32. The Morgan fingerprint density at radius 1 is 1.37 bits per heavy atom. The van der Waals surface area contributed by atoms with Gasteiger partial charge in [-0.05, 0) is 54.6 Å². The molecule has 1 aliphatic carbocycles. The summed E-state index contributed by atoms with van der Waals surface area (Å²) < 4.78 is 6.25. The van der Waals surface area contributed by atoms with Gasteiger partial charge in [0, 0.05) is 30.1 Å². The summed E-state index contributed by atoms with van der Waals surface area (Å²) in [6.45, 7) is 1.78. The molecule has 7 nitrogen and oxygen atoms in total. The highest BCUT2D eigenvalue weighted by Gasteiger charge is 2.33. The summed E-state index contributed by atoms with van der Waals surface area (Å²) in [6, 6.07) is 4.65. The number of nitriles is 1. The number of amides is 1. The summed E-state index contributed by atoms with van der Waals surface area (Å²) in [4.78, 5) is 18.3. The first kappa shape index (κ1) is 18.3. The normalized spacial score (nSPS) is 26.1. The van der Waals surface area contributed by atoms with Gasteiger partial charge in [0.2, 0.25) is 11.7 Å². The minimum absolute atomic E-state index is 0.0148. The Morgan fingerprint density at radius 3 is 2.81 bits per heavy atom. The summed E-state index contributed by atoms with van der Waals surface area (Å²) in [5.41, 5.74) is 6.05. The van der Waals surface area contributed by atoms with Gasteiger partial charge in [0.25, 0.3) is 0 Å². The molecule has 1 saturated carbocycles. The third kappa shape index (κ3) is 3.66. The second kappa shape index (κ2) is 7.49. The van der Waals surface area contributed by atoms with E-state index in [9.17, 15) is 4.79 Å². The predicted octanol–water partition coefficient (Wildman–Crippen LogP) is 2.99. The van der Waals surface area contributed by atoms with Gasteiger partial charge in [-0.1, -0.05) is 0 Å². The molecule has 1 atom stereocenters. The number of primary amides is 1. The first-order valence-electron chi connectivity index (χ1n) is 9.33. The van der Waals surface area contributed by atoms with Crippen LogP contribution in [0, 0.1) is 17.2 Å². The highest BCUT2D eigenvalue weighted by Crippen LogP contribution is 2.34. The third-order valence-electron chi connectivity index (χ3n) is 5.80. The number of nitrogens with zero attached hydrogens (tertiary/aromatic N) is 3. The van der Waals surface area contributed by atoms with E-state index >= 15 is 0 Å². The SMILES string of the molecule is N#Cc1cc2c(Br)c(NC3CCC(N4CC[C@@H](C(N)=O)C4)CC3)ncc2o1. The Hall–Kier alpha value is -2.11. The van der Waals surface area contributed by atoms with Crippen LogP contribution in [0.2, 0.25) is 0 Å². The van der Waals surface area contributed by atoms with Gasteiger partial charge in [0.15, 0.2) is 5.58 Å². The van der Waals surface area contributed by atoms with Crippen LogP contribution >= 0.6 is 15.9 Å². The van der Waals surface area contributed by atoms with Gasteiger partial charge in [-0.25, -0.2) is 4.98 Å². The Labute approximate surface area is 166 Å². The fraction of sp³-hybridized carbons (Fsp3) is 0.526. The van der Waals surface area contributed by atoms with Crippen molar-refractivity contribution in [2.75, 3.05) is 18.4 Å². The number of pyridine rings is 1. The number of carbonyl (C=O) groups is 1. The first-order chi connectivity index (χ1) is 13.0. The van der Waals surface area contributed by atoms with Gasteiger partial charge in [-0.3, -0.25) is 9.69 Å². The molecule has 1 saturated heterocycles. The van der Waals surface area contributed by atoms with Crippen LogP contribution in [0.25, 0.3) is 11.0 Å². The maximum Gasteiger partial charge on any atom is 0.221 e. The second-order valence-corrected chi connectivity index (χ2v) is 8.25. The third-order valence-corrected chi connectivity index (χ3v) is 6.60. The van der Waals surface area contributed by atoms with E-state index < -0.39 is 0 Å². The minimum atomic E-state index is -0.169. The molecule has 2 aromatic heterocycles. The van der Waals surface area contributed by atoms with E-state index in [2.05, 4.69) is 31.1 Å². The zero-order valence-corrected chi connectivity index (χ0v) is 16.5. The van der Waals surface area contributed by atoms with E-state index in [1.807, 2.05) is 6.07 Å². The average molecular weight is 432 g/mol. The van der Waals surface area contributed by atoms with Crippen molar-refractivity contribution in [2.45, 2.75) is 44.2 Å². The van der Waals surface area contributed by atoms with Gasteiger partial charge < -0.3 is 15.5 Å². The lowest BCUT2D eigenvalue weighted by molar-refractivity contribution is -0.121. The number of fused-ring (bicyclic) bond motifs is 1. The highest BCUT2D eigenvalue weighted by atomic mass is 79.9. The van der Waals surface area contributed by atoms with Gasteiger partial charge in [0.05, 0.1) is 16.6 Å². The van der Waals surface area contributed by atoms with Crippen LogP contribution in [-0.4, -0.2) is 41.0 Å². The molecule has 0 bridgehead atoms. The molecule has 2 aromatic rings. The van der Waals surface area contributed by atoms with Crippen LogP contribution in [0.5, 0.6) is 0 Å². The number of hydrogen-bond acceptors (Lipinski definition) is 6.